The Morgan fingerprint density at radius 2 is 2.50 bits per heavy atom. The van der Waals surface area contributed by atoms with Crippen LogP contribution in [-0.2, 0) is 9.53 Å². The van der Waals surface area contributed by atoms with Crippen LogP contribution in [0.4, 0.5) is 0 Å². The van der Waals surface area contributed by atoms with Gasteiger partial charge in [0, 0.05) is 0 Å². The molecule has 0 N–H and O–H groups in total. The molecule has 0 rings (SSSR count). The van der Waals surface area contributed by atoms with Crippen LogP contribution in [0.15, 0.2) is 0 Å². The second-order valence-corrected chi connectivity index (χ2v) is 1.25. The average molecular weight is 89.1 g/mol. The van der Waals surface area contributed by atoms with Crippen LogP contribution in [0.25, 0.3) is 0 Å². The summed E-state index contributed by atoms with van der Waals surface area (Å²) in [6, 6.07) is 0. The predicted molar refractivity (Wildman–Crippen MR) is 22.3 cm³/mol. The van der Waals surface area contributed by atoms with Gasteiger partial charge >= 0.3 is 0 Å². The molecule has 0 fully saturated rings. The molecule has 2 heteroatoms. The number of hydrogen-bond donors (Lipinski definition) is 0. The lowest BCUT2D eigenvalue weighted by atomic mass is 10.5. The fourth-order valence-corrected chi connectivity index (χ4v) is 0.0962. The van der Waals surface area contributed by atoms with Gasteiger partial charge in [-0.3, -0.25) is 4.79 Å². The maximum atomic E-state index is 9.70. The first-order chi connectivity index (χ1) is 3.13. The van der Waals surface area contributed by atoms with E-state index in [2.05, 4.69) is 4.74 Å². The minimum Gasteiger partial charge on any atom is -0.465 e. The molecule has 0 aliphatic carbocycles. The Hall–Kier alpha value is -0.530. The van der Waals surface area contributed by atoms with Crippen LogP contribution in [0.1, 0.15) is 15.2 Å². The molecule has 0 aromatic carbocycles. The summed E-state index contributed by atoms with van der Waals surface area (Å²) in [4.78, 5) is 9.70. The van der Waals surface area contributed by atoms with Gasteiger partial charge in [0.25, 0.3) is 6.45 Å². The molecule has 2 nitrogen and oxygen atoms in total. The fourth-order valence-electron chi connectivity index (χ4n) is 0.0962. The van der Waals surface area contributed by atoms with Crippen LogP contribution in [0, 0.1) is 0 Å². The summed E-state index contributed by atoms with van der Waals surface area (Å²) in [7, 11) is 0. The van der Waals surface area contributed by atoms with Crippen molar-refractivity contribution in [1.82, 2.24) is 0 Å². The zero-order valence-corrected chi connectivity index (χ0v) is 3.89. The third-order valence-electron chi connectivity index (χ3n) is 0.284. The van der Waals surface area contributed by atoms with Crippen LogP contribution >= 0.6 is 0 Å². The first kappa shape index (κ1) is 3.65. The molecular weight excluding hydrogens is 80.0 g/mol. The molecule has 0 spiro atoms. The number of hydrogen-bond acceptors (Lipinski definition) is 2. The van der Waals surface area contributed by atoms with Gasteiger partial charge in [0.1, 0.15) is 0 Å². The molecule has 0 aromatic heterocycles. The fraction of sp³-hybridized carbons (Fsp3) is 0.750. The van der Waals surface area contributed by atoms with Crippen molar-refractivity contribution in [1.29, 1.82) is 0 Å². The van der Waals surface area contributed by atoms with Crippen LogP contribution in [0.3, 0.4) is 0 Å². The average Bonchev–Trinajstić information content (AvgIpc) is 1.27. The van der Waals surface area contributed by atoms with E-state index in [0.29, 0.717) is 0 Å². The molecule has 0 bridgehead atoms. The lowest BCUT2D eigenvalue weighted by Gasteiger charge is -1.96. The first-order valence-electron chi connectivity index (χ1n) is 2.30. The lowest BCUT2D eigenvalue weighted by Crippen LogP contribution is -1.98. The Labute approximate surface area is 38.5 Å². The van der Waals surface area contributed by atoms with E-state index in [4.69, 9.17) is 1.37 Å². The highest BCUT2D eigenvalue weighted by molar-refractivity contribution is 5.37. The Kier molecular flexibility index (Phi) is 1.64. The molecular formula is C4H8O2. The number of carbonyl (C=O) groups is 1. The third-order valence-corrected chi connectivity index (χ3v) is 0.284. The van der Waals surface area contributed by atoms with Crippen LogP contribution < -0.4 is 0 Å². The monoisotopic (exact) mass is 89.1 g/mol. The van der Waals surface area contributed by atoms with E-state index < -0.39 is 6.45 Å². The van der Waals surface area contributed by atoms with Gasteiger partial charge in [-0.15, -0.1) is 0 Å². The highest BCUT2D eigenvalue weighted by Crippen LogP contribution is 1.79. The second-order valence-electron chi connectivity index (χ2n) is 1.25. The summed E-state index contributed by atoms with van der Waals surface area (Å²) in [5.74, 6) is 0. The summed E-state index contributed by atoms with van der Waals surface area (Å²) in [5.41, 5.74) is 0. The highest BCUT2D eigenvalue weighted by atomic mass is 16.5. The molecule has 0 aliphatic rings. The van der Waals surface area contributed by atoms with Gasteiger partial charge in [-0.2, -0.15) is 0 Å². The van der Waals surface area contributed by atoms with E-state index in [1.807, 2.05) is 0 Å². The van der Waals surface area contributed by atoms with Gasteiger partial charge in [-0.25, -0.2) is 0 Å². The summed E-state index contributed by atoms with van der Waals surface area (Å²) < 4.78 is 10.5. The molecule has 0 aliphatic heterocycles. The van der Waals surface area contributed by atoms with Gasteiger partial charge in [-0.05, 0) is 13.8 Å². The third kappa shape index (κ3) is 3.47. The Morgan fingerprint density at radius 3 is 2.50 bits per heavy atom. The summed E-state index contributed by atoms with van der Waals surface area (Å²) >= 11 is 0. The first-order valence-corrected chi connectivity index (χ1v) is 1.80. The van der Waals surface area contributed by atoms with Crippen molar-refractivity contribution < 1.29 is 10.9 Å². The predicted octanol–water partition coefficient (Wildman–Crippen LogP) is 0.568. The van der Waals surface area contributed by atoms with Crippen molar-refractivity contribution in [2.45, 2.75) is 20.0 Å². The van der Waals surface area contributed by atoms with Crippen molar-refractivity contribution in [3.63, 3.8) is 0 Å². The molecule has 0 saturated heterocycles. The van der Waals surface area contributed by atoms with E-state index in [0.717, 1.165) is 0 Å². The molecule has 0 unspecified atom stereocenters. The number of carbonyl (C=O) groups excluding carboxylic acids is 1. The number of rotatable bonds is 1. The van der Waals surface area contributed by atoms with E-state index in [-0.39, 0.29) is 6.10 Å². The van der Waals surface area contributed by atoms with E-state index in [9.17, 15) is 4.79 Å². The van der Waals surface area contributed by atoms with Crippen molar-refractivity contribution in [3.05, 3.63) is 0 Å². The summed E-state index contributed by atoms with van der Waals surface area (Å²) in [6.45, 7) is 3.40. The molecule has 0 atom stereocenters. The highest BCUT2D eigenvalue weighted by Gasteiger charge is 1.83. The van der Waals surface area contributed by atoms with Crippen molar-refractivity contribution in [2.75, 3.05) is 0 Å². The minimum absolute atomic E-state index is 0.162. The zero-order chi connectivity index (χ0) is 5.86. The quantitative estimate of drug-likeness (QED) is 0.439. The van der Waals surface area contributed by atoms with Gasteiger partial charge in [0.05, 0.1) is 6.10 Å². The van der Waals surface area contributed by atoms with Crippen LogP contribution in [0.5, 0.6) is 0 Å². The molecule has 0 radical (unpaired) electrons. The van der Waals surface area contributed by atoms with Crippen LogP contribution in [0.2, 0.25) is 0 Å². The SMILES string of the molecule is [2H]C(=O)OC(C)C. The van der Waals surface area contributed by atoms with E-state index in [1.54, 1.807) is 13.8 Å². The normalized spacial score (nSPS) is 10.8. The smallest absolute Gasteiger partial charge is 0.293 e. The minimum atomic E-state index is -0.963. The van der Waals surface area contributed by atoms with Crippen molar-refractivity contribution >= 4 is 6.45 Å². The Balaban J connectivity index is 3.13. The Morgan fingerprint density at radius 1 is 2.00 bits per heavy atom. The van der Waals surface area contributed by atoms with Crippen LogP contribution in [-0.4, -0.2) is 12.6 Å². The van der Waals surface area contributed by atoms with Crippen molar-refractivity contribution in [2.24, 2.45) is 0 Å². The number of ether oxygens (including phenoxy) is 1. The largest absolute Gasteiger partial charge is 0.465 e. The Bertz CT molecular complexity index is 70.1. The second kappa shape index (κ2) is 2.69. The van der Waals surface area contributed by atoms with Gasteiger partial charge in [-0.1, -0.05) is 0 Å². The molecule has 0 saturated carbocycles. The maximum Gasteiger partial charge on any atom is 0.293 e. The summed E-state index contributed by atoms with van der Waals surface area (Å²) in [5, 5.41) is 0. The molecule has 0 heterocycles. The molecule has 36 valence electrons. The van der Waals surface area contributed by atoms with Gasteiger partial charge < -0.3 is 4.74 Å². The van der Waals surface area contributed by atoms with E-state index >= 15 is 0 Å². The topological polar surface area (TPSA) is 26.3 Å². The van der Waals surface area contributed by atoms with Crippen molar-refractivity contribution in [3.8, 4) is 0 Å². The zero-order valence-electron chi connectivity index (χ0n) is 4.89. The van der Waals surface area contributed by atoms with Gasteiger partial charge in [0.15, 0.2) is 1.37 Å². The molecule has 0 amide bonds. The van der Waals surface area contributed by atoms with Gasteiger partial charge in [0.2, 0.25) is 0 Å². The lowest BCUT2D eigenvalue weighted by molar-refractivity contribution is -0.131. The van der Waals surface area contributed by atoms with E-state index in [1.165, 1.54) is 0 Å². The molecule has 0 aromatic rings. The molecule has 6 heavy (non-hydrogen) atoms. The summed E-state index contributed by atoms with van der Waals surface area (Å²) in [6.07, 6.45) is -1.13. The standard InChI is InChI=1S/C4H8O2/c1-4(2)6-3-5/h3-4H,1-2H3/i3D. The maximum absolute atomic E-state index is 9.70.